The zero-order chi connectivity index (χ0) is 36.6. The summed E-state index contributed by atoms with van der Waals surface area (Å²) in [6, 6.07) is 54.2. The molecule has 5 aromatic carbocycles. The second kappa shape index (κ2) is 13.8. The molecule has 0 N–H and O–H groups in total. The molecular formula is C50H33N5. The molecule has 0 spiro atoms. The fraction of sp³-hybridized carbons (Fsp3) is 0. The number of rotatable bonds is 7. The molecule has 0 fully saturated rings. The van der Waals surface area contributed by atoms with E-state index < -0.39 is 0 Å². The van der Waals surface area contributed by atoms with Gasteiger partial charge in [0.25, 0.3) is 0 Å². The number of pyridine rings is 4. The zero-order valence-electron chi connectivity index (χ0n) is 29.8. The molecular weight excluding hydrogens is 671 g/mol. The van der Waals surface area contributed by atoms with E-state index in [-0.39, 0.29) is 0 Å². The van der Waals surface area contributed by atoms with Crippen molar-refractivity contribution in [3.05, 3.63) is 201 Å². The van der Waals surface area contributed by atoms with Crippen molar-refractivity contribution in [1.82, 2.24) is 24.5 Å². The van der Waals surface area contributed by atoms with Crippen LogP contribution in [0, 0.1) is 0 Å². The fourth-order valence-corrected chi connectivity index (χ4v) is 7.72. The molecule has 0 aliphatic heterocycles. The first-order valence-corrected chi connectivity index (χ1v) is 18.3. The molecule has 5 heterocycles. The summed E-state index contributed by atoms with van der Waals surface area (Å²) in [6.45, 7) is 0. The summed E-state index contributed by atoms with van der Waals surface area (Å²) in [7, 11) is 0. The Morgan fingerprint density at radius 1 is 0.309 bits per heavy atom. The van der Waals surface area contributed by atoms with Gasteiger partial charge in [-0.25, -0.2) is 0 Å². The molecule has 0 aliphatic rings. The van der Waals surface area contributed by atoms with Crippen molar-refractivity contribution in [1.29, 1.82) is 0 Å². The number of fused-ring (bicyclic) bond motifs is 3. The maximum absolute atomic E-state index is 4.45. The Kier molecular flexibility index (Phi) is 8.08. The van der Waals surface area contributed by atoms with Crippen molar-refractivity contribution in [2.24, 2.45) is 0 Å². The van der Waals surface area contributed by atoms with E-state index in [0.29, 0.717) is 0 Å². The lowest BCUT2D eigenvalue weighted by Gasteiger charge is -2.12. The van der Waals surface area contributed by atoms with Gasteiger partial charge in [0, 0.05) is 88.3 Å². The van der Waals surface area contributed by atoms with E-state index in [0.717, 1.165) is 77.9 Å². The van der Waals surface area contributed by atoms with Gasteiger partial charge in [0.15, 0.2) is 0 Å². The van der Waals surface area contributed by atoms with Crippen molar-refractivity contribution in [2.45, 2.75) is 0 Å². The minimum Gasteiger partial charge on any atom is -0.309 e. The summed E-state index contributed by atoms with van der Waals surface area (Å²) in [6.07, 6.45) is 15.0. The van der Waals surface area contributed by atoms with Gasteiger partial charge in [-0.3, -0.25) is 19.9 Å². The lowest BCUT2D eigenvalue weighted by molar-refractivity contribution is 1.18. The van der Waals surface area contributed by atoms with Crippen LogP contribution >= 0.6 is 0 Å². The minimum atomic E-state index is 1.07. The zero-order valence-corrected chi connectivity index (χ0v) is 29.8. The molecule has 0 atom stereocenters. The molecule has 0 bridgehead atoms. The highest BCUT2D eigenvalue weighted by Crippen LogP contribution is 2.42. The van der Waals surface area contributed by atoms with E-state index in [4.69, 9.17) is 0 Å². The van der Waals surface area contributed by atoms with Crippen molar-refractivity contribution in [3.63, 3.8) is 0 Å². The van der Waals surface area contributed by atoms with E-state index in [9.17, 15) is 0 Å². The molecule has 258 valence electrons. The average molecular weight is 704 g/mol. The molecule has 0 radical (unpaired) electrons. The molecule has 0 unspecified atom stereocenters. The Bertz CT molecular complexity index is 2830. The van der Waals surface area contributed by atoms with E-state index in [1.54, 1.807) is 0 Å². The topological polar surface area (TPSA) is 56.5 Å². The van der Waals surface area contributed by atoms with Crippen molar-refractivity contribution < 1.29 is 0 Å². The number of benzene rings is 5. The first-order chi connectivity index (χ1) is 27.3. The van der Waals surface area contributed by atoms with Crippen LogP contribution in [0.5, 0.6) is 0 Å². The standard InChI is InChI=1S/C50H33N5/c1-2-13-45(14-3-1)55-48-16-4-15-46(44-27-42(37-11-7-21-53-32-37)26-43(28-44)38-12-8-22-54-33-38)50(48)47-18-17-34(29-49(47)55)39-23-40(35-9-5-19-51-30-35)25-41(24-39)36-10-6-20-52-31-36/h1-33H. The van der Waals surface area contributed by atoms with Gasteiger partial charge in [0.1, 0.15) is 0 Å². The number of nitrogens with zero attached hydrogens (tertiary/aromatic N) is 5. The Hall–Kier alpha value is -7.50. The van der Waals surface area contributed by atoms with Crippen LogP contribution in [0.15, 0.2) is 201 Å². The quantitative estimate of drug-likeness (QED) is 0.166. The van der Waals surface area contributed by atoms with Crippen LogP contribution in [0.25, 0.3) is 94.3 Å². The summed E-state index contributed by atoms with van der Waals surface area (Å²) in [4.78, 5) is 17.8. The van der Waals surface area contributed by atoms with Crippen LogP contribution in [0.1, 0.15) is 0 Å². The third kappa shape index (κ3) is 6.04. The SMILES string of the molecule is c1ccc(-n2c3cc(-c4cc(-c5cccnc5)cc(-c5cccnc5)c4)ccc3c3c(-c4cc(-c5cccnc5)cc(-c5cccnc5)c4)cccc32)cc1. The molecule has 0 saturated carbocycles. The number of hydrogen-bond donors (Lipinski definition) is 0. The molecule has 0 amide bonds. The Balaban J connectivity index is 1.22. The van der Waals surface area contributed by atoms with Crippen LogP contribution in [-0.4, -0.2) is 24.5 Å². The van der Waals surface area contributed by atoms with E-state index >= 15 is 0 Å². The summed E-state index contributed by atoms with van der Waals surface area (Å²) >= 11 is 0. The lowest BCUT2D eigenvalue weighted by Crippen LogP contribution is -1.94. The highest BCUT2D eigenvalue weighted by molar-refractivity contribution is 6.16. The number of para-hydroxylation sites is 1. The van der Waals surface area contributed by atoms with Crippen LogP contribution in [0.4, 0.5) is 0 Å². The summed E-state index contributed by atoms with van der Waals surface area (Å²) in [5, 5.41) is 2.39. The largest absolute Gasteiger partial charge is 0.309 e. The maximum Gasteiger partial charge on any atom is 0.0547 e. The van der Waals surface area contributed by atoms with Gasteiger partial charge in [0.05, 0.1) is 11.0 Å². The van der Waals surface area contributed by atoms with Gasteiger partial charge in [0.2, 0.25) is 0 Å². The Morgan fingerprint density at radius 3 is 1.25 bits per heavy atom. The van der Waals surface area contributed by atoms with Gasteiger partial charge in [-0.1, -0.05) is 66.7 Å². The predicted octanol–water partition coefficient (Wildman–Crippen LogP) is 12.4. The van der Waals surface area contributed by atoms with Gasteiger partial charge >= 0.3 is 0 Å². The second-order valence-electron chi connectivity index (χ2n) is 13.7. The van der Waals surface area contributed by atoms with E-state index in [1.165, 1.54) is 16.3 Å². The molecule has 5 heteroatoms. The molecule has 5 aromatic heterocycles. The molecule has 0 saturated heterocycles. The predicted molar refractivity (Wildman–Crippen MR) is 225 cm³/mol. The van der Waals surface area contributed by atoms with Gasteiger partial charge in [-0.2, -0.15) is 0 Å². The summed E-state index contributed by atoms with van der Waals surface area (Å²) < 4.78 is 2.40. The van der Waals surface area contributed by atoms with Crippen molar-refractivity contribution >= 4 is 21.8 Å². The van der Waals surface area contributed by atoms with Crippen LogP contribution in [0.3, 0.4) is 0 Å². The first kappa shape index (κ1) is 32.2. The normalized spacial score (nSPS) is 11.3. The number of aromatic nitrogens is 5. The van der Waals surface area contributed by atoms with Crippen molar-refractivity contribution in [2.75, 3.05) is 0 Å². The maximum atomic E-state index is 4.45. The molecule has 5 nitrogen and oxygen atoms in total. The highest BCUT2D eigenvalue weighted by Gasteiger charge is 2.19. The van der Waals surface area contributed by atoms with E-state index in [1.807, 2.05) is 73.8 Å². The number of hydrogen-bond acceptors (Lipinski definition) is 4. The highest BCUT2D eigenvalue weighted by atomic mass is 15.0. The lowest BCUT2D eigenvalue weighted by atomic mass is 9.91. The monoisotopic (exact) mass is 703 g/mol. The molecule has 55 heavy (non-hydrogen) atoms. The third-order valence-corrected chi connectivity index (χ3v) is 10.3. The second-order valence-corrected chi connectivity index (χ2v) is 13.7. The molecule has 0 aliphatic carbocycles. The van der Waals surface area contributed by atoms with Gasteiger partial charge < -0.3 is 4.57 Å². The average Bonchev–Trinajstić information content (AvgIpc) is 3.61. The Labute approximate surface area is 318 Å². The fourth-order valence-electron chi connectivity index (χ4n) is 7.72. The van der Waals surface area contributed by atoms with Crippen molar-refractivity contribution in [3.8, 4) is 72.4 Å². The molecule has 10 rings (SSSR count). The van der Waals surface area contributed by atoms with E-state index in [2.05, 4.69) is 152 Å². The molecule has 10 aromatic rings. The van der Waals surface area contributed by atoms with Crippen LogP contribution < -0.4 is 0 Å². The minimum absolute atomic E-state index is 1.07. The first-order valence-electron chi connectivity index (χ1n) is 18.3. The summed E-state index contributed by atoms with van der Waals surface area (Å²) in [5.74, 6) is 0. The van der Waals surface area contributed by atoms with Gasteiger partial charge in [-0.15, -0.1) is 0 Å². The van der Waals surface area contributed by atoms with Gasteiger partial charge in [-0.05, 0) is 129 Å². The van der Waals surface area contributed by atoms with Crippen LogP contribution in [0.2, 0.25) is 0 Å². The van der Waals surface area contributed by atoms with Crippen LogP contribution in [-0.2, 0) is 0 Å². The third-order valence-electron chi connectivity index (χ3n) is 10.3. The Morgan fingerprint density at radius 2 is 0.782 bits per heavy atom. The smallest absolute Gasteiger partial charge is 0.0547 e. The summed E-state index contributed by atoms with van der Waals surface area (Å²) in [5.41, 5.74) is 16.6.